The van der Waals surface area contributed by atoms with E-state index in [0.29, 0.717) is 44.0 Å². The van der Waals surface area contributed by atoms with Gasteiger partial charge in [0, 0.05) is 31.5 Å². The quantitative estimate of drug-likeness (QED) is 0.779. The zero-order chi connectivity index (χ0) is 17.8. The molecule has 0 spiro atoms. The highest BCUT2D eigenvalue weighted by atomic mass is 19.1. The Hall–Kier alpha value is -2.41. The van der Waals surface area contributed by atoms with Gasteiger partial charge < -0.3 is 14.4 Å². The molecule has 2 aromatic rings. The molecule has 0 N–H and O–H groups in total. The molecule has 0 aliphatic carbocycles. The second kappa shape index (κ2) is 7.65. The Morgan fingerprint density at radius 3 is 2.84 bits per heavy atom. The fourth-order valence-corrected chi connectivity index (χ4v) is 2.94. The van der Waals surface area contributed by atoms with Crippen LogP contribution in [0.3, 0.4) is 0 Å². The van der Waals surface area contributed by atoms with Crippen molar-refractivity contribution in [1.29, 1.82) is 0 Å². The second-order valence-electron chi connectivity index (χ2n) is 5.90. The fraction of sp³-hybridized carbons (Fsp3) is 0.444. The van der Waals surface area contributed by atoms with Gasteiger partial charge in [0.05, 0.1) is 30.5 Å². The summed E-state index contributed by atoms with van der Waals surface area (Å²) in [6, 6.07) is 4.91. The van der Waals surface area contributed by atoms with E-state index in [1.54, 1.807) is 23.9 Å². The number of aryl methyl sites for hydroxylation is 1. The van der Waals surface area contributed by atoms with Gasteiger partial charge in [0.25, 0.3) is 0 Å². The molecule has 1 saturated heterocycles. The molecule has 0 bridgehead atoms. The molecular formula is C18H22FN3O3. The number of aromatic nitrogens is 2. The second-order valence-corrected chi connectivity index (χ2v) is 5.90. The van der Waals surface area contributed by atoms with Gasteiger partial charge in [-0.2, -0.15) is 5.10 Å². The van der Waals surface area contributed by atoms with Gasteiger partial charge in [-0.15, -0.1) is 0 Å². The first kappa shape index (κ1) is 17.4. The number of nitrogens with zero attached hydrogens (tertiary/aromatic N) is 3. The maximum absolute atomic E-state index is 14.5. The summed E-state index contributed by atoms with van der Waals surface area (Å²) in [5, 5.41) is 4.06. The Morgan fingerprint density at radius 2 is 2.16 bits per heavy atom. The van der Waals surface area contributed by atoms with Crippen molar-refractivity contribution in [1.82, 2.24) is 9.78 Å². The molecule has 1 fully saturated rings. The van der Waals surface area contributed by atoms with Crippen molar-refractivity contribution in [3.05, 3.63) is 47.5 Å². The number of rotatable bonds is 5. The van der Waals surface area contributed by atoms with Crippen molar-refractivity contribution >= 4 is 11.7 Å². The number of esters is 1. The van der Waals surface area contributed by atoms with Crippen molar-refractivity contribution in [3.63, 3.8) is 0 Å². The Bertz CT molecular complexity index is 741. The number of halogens is 1. The molecular weight excluding hydrogens is 325 g/mol. The molecule has 1 aliphatic heterocycles. The van der Waals surface area contributed by atoms with Gasteiger partial charge in [-0.25, -0.2) is 9.18 Å². The topological polar surface area (TPSA) is 56.6 Å². The van der Waals surface area contributed by atoms with E-state index in [2.05, 4.69) is 10.00 Å². The standard InChI is InChI=1S/C18H22FN3O3/c1-3-22-12-14(11-20-22)18(23)25-13(2)17-15(19)5-4-6-16(17)21-7-9-24-10-8-21/h4-6,11-13H,3,7-10H2,1-2H3. The van der Waals surface area contributed by atoms with E-state index < -0.39 is 12.1 Å². The van der Waals surface area contributed by atoms with Crippen LogP contribution in [0.25, 0.3) is 0 Å². The molecule has 25 heavy (non-hydrogen) atoms. The Kier molecular flexibility index (Phi) is 5.33. The highest BCUT2D eigenvalue weighted by Gasteiger charge is 2.24. The average molecular weight is 347 g/mol. The molecule has 0 amide bonds. The Morgan fingerprint density at radius 1 is 1.40 bits per heavy atom. The predicted molar refractivity (Wildman–Crippen MR) is 91.2 cm³/mol. The highest BCUT2D eigenvalue weighted by Crippen LogP contribution is 2.32. The molecule has 0 saturated carbocycles. The van der Waals surface area contributed by atoms with Gasteiger partial charge in [0.15, 0.2) is 0 Å². The minimum atomic E-state index is -0.712. The van der Waals surface area contributed by atoms with E-state index in [1.165, 1.54) is 12.3 Å². The maximum atomic E-state index is 14.5. The van der Waals surface area contributed by atoms with Crippen molar-refractivity contribution in [2.45, 2.75) is 26.5 Å². The van der Waals surface area contributed by atoms with E-state index in [9.17, 15) is 9.18 Å². The van der Waals surface area contributed by atoms with Crippen LogP contribution in [0, 0.1) is 5.82 Å². The average Bonchev–Trinajstić information content (AvgIpc) is 3.11. The van der Waals surface area contributed by atoms with Crippen molar-refractivity contribution in [3.8, 4) is 0 Å². The van der Waals surface area contributed by atoms with Crippen LogP contribution in [0.4, 0.5) is 10.1 Å². The molecule has 6 nitrogen and oxygen atoms in total. The highest BCUT2D eigenvalue weighted by molar-refractivity contribution is 5.89. The third-order valence-electron chi connectivity index (χ3n) is 4.26. The number of morpholine rings is 1. The lowest BCUT2D eigenvalue weighted by molar-refractivity contribution is 0.0331. The van der Waals surface area contributed by atoms with Crippen LogP contribution in [0.2, 0.25) is 0 Å². The summed E-state index contributed by atoms with van der Waals surface area (Å²) < 4.78 is 27.0. The predicted octanol–water partition coefficient (Wildman–Crippen LogP) is 2.80. The first-order valence-electron chi connectivity index (χ1n) is 8.44. The summed E-state index contributed by atoms with van der Waals surface area (Å²) in [5.74, 6) is -0.892. The van der Waals surface area contributed by atoms with Crippen LogP contribution in [-0.4, -0.2) is 42.1 Å². The zero-order valence-electron chi connectivity index (χ0n) is 14.4. The minimum absolute atomic E-state index is 0.359. The van der Waals surface area contributed by atoms with Crippen LogP contribution in [-0.2, 0) is 16.0 Å². The Labute approximate surface area is 146 Å². The van der Waals surface area contributed by atoms with E-state index >= 15 is 0 Å². The number of carbonyl (C=O) groups is 1. The number of anilines is 1. The van der Waals surface area contributed by atoms with Gasteiger partial charge in [-0.3, -0.25) is 4.68 Å². The van der Waals surface area contributed by atoms with Gasteiger partial charge in [0.1, 0.15) is 11.9 Å². The molecule has 134 valence electrons. The molecule has 1 aromatic heterocycles. The lowest BCUT2D eigenvalue weighted by atomic mass is 10.1. The Balaban J connectivity index is 1.81. The van der Waals surface area contributed by atoms with E-state index in [-0.39, 0.29) is 5.82 Å². The summed E-state index contributed by atoms with van der Waals surface area (Å²) in [7, 11) is 0. The van der Waals surface area contributed by atoms with Gasteiger partial charge in [0.2, 0.25) is 0 Å². The summed E-state index contributed by atoms with van der Waals surface area (Å²) in [5.41, 5.74) is 1.49. The number of ether oxygens (including phenoxy) is 2. The molecule has 1 atom stereocenters. The van der Waals surface area contributed by atoms with E-state index in [1.807, 2.05) is 13.0 Å². The number of hydrogen-bond donors (Lipinski definition) is 0. The zero-order valence-corrected chi connectivity index (χ0v) is 14.4. The van der Waals surface area contributed by atoms with Crippen molar-refractivity contribution in [2.24, 2.45) is 0 Å². The van der Waals surface area contributed by atoms with Crippen LogP contribution < -0.4 is 4.90 Å². The number of hydrogen-bond acceptors (Lipinski definition) is 5. The lowest BCUT2D eigenvalue weighted by Crippen LogP contribution is -2.37. The molecule has 0 radical (unpaired) electrons. The van der Waals surface area contributed by atoms with Crippen LogP contribution in [0.5, 0.6) is 0 Å². The summed E-state index contributed by atoms with van der Waals surface area (Å²) in [6.45, 7) is 6.84. The smallest absolute Gasteiger partial charge is 0.341 e. The molecule has 1 unspecified atom stereocenters. The number of carbonyl (C=O) groups excluding carboxylic acids is 1. The van der Waals surface area contributed by atoms with E-state index in [0.717, 1.165) is 5.69 Å². The SMILES string of the molecule is CCn1cc(C(=O)OC(C)c2c(F)cccc2N2CCOCC2)cn1. The molecule has 7 heteroatoms. The molecule has 1 aromatic carbocycles. The first-order chi connectivity index (χ1) is 12.1. The van der Waals surface area contributed by atoms with Crippen molar-refractivity contribution in [2.75, 3.05) is 31.2 Å². The molecule has 2 heterocycles. The normalized spacial score (nSPS) is 15.9. The van der Waals surface area contributed by atoms with Gasteiger partial charge in [-0.1, -0.05) is 6.07 Å². The number of benzene rings is 1. The first-order valence-corrected chi connectivity index (χ1v) is 8.44. The maximum Gasteiger partial charge on any atom is 0.341 e. The van der Waals surface area contributed by atoms with E-state index in [4.69, 9.17) is 9.47 Å². The van der Waals surface area contributed by atoms with Crippen LogP contribution >= 0.6 is 0 Å². The van der Waals surface area contributed by atoms with Crippen LogP contribution in [0.1, 0.15) is 35.9 Å². The fourth-order valence-electron chi connectivity index (χ4n) is 2.94. The third kappa shape index (κ3) is 3.82. The van der Waals surface area contributed by atoms with Crippen LogP contribution in [0.15, 0.2) is 30.6 Å². The lowest BCUT2D eigenvalue weighted by Gasteiger charge is -2.31. The van der Waals surface area contributed by atoms with Crippen molar-refractivity contribution < 1.29 is 18.7 Å². The van der Waals surface area contributed by atoms with Gasteiger partial charge in [-0.05, 0) is 26.0 Å². The van der Waals surface area contributed by atoms with Gasteiger partial charge >= 0.3 is 5.97 Å². The molecule has 3 rings (SSSR count). The molecule has 1 aliphatic rings. The summed E-state index contributed by atoms with van der Waals surface area (Å²) >= 11 is 0. The monoisotopic (exact) mass is 347 g/mol. The summed E-state index contributed by atoms with van der Waals surface area (Å²) in [6.07, 6.45) is 2.37. The summed E-state index contributed by atoms with van der Waals surface area (Å²) in [4.78, 5) is 14.4. The minimum Gasteiger partial charge on any atom is -0.454 e. The third-order valence-corrected chi connectivity index (χ3v) is 4.26. The largest absolute Gasteiger partial charge is 0.454 e.